The average Bonchev–Trinajstić information content (AvgIpc) is 1.89. The Hall–Kier alpha value is 0.310. The van der Waals surface area contributed by atoms with E-state index in [1.807, 2.05) is 13.2 Å². The first-order valence-corrected chi connectivity index (χ1v) is 4.68. The Balaban J connectivity index is 3.62. The van der Waals surface area contributed by atoms with Gasteiger partial charge in [-0.25, -0.2) is 0 Å². The third kappa shape index (κ3) is 3.11. The molecule has 9 heavy (non-hydrogen) atoms. The van der Waals surface area contributed by atoms with Gasteiger partial charge >= 0.3 is 0 Å². The average molecular weight is 148 g/mol. The van der Waals surface area contributed by atoms with Gasteiger partial charge in [-0.05, 0) is 19.1 Å². The van der Waals surface area contributed by atoms with E-state index in [-0.39, 0.29) is 0 Å². The first-order chi connectivity index (χ1) is 4.18. The van der Waals surface area contributed by atoms with Gasteiger partial charge < -0.3 is 5.11 Å². The molecule has 0 heterocycles. The summed E-state index contributed by atoms with van der Waals surface area (Å²) >= 11 is 1.55. The SMILES string of the molecule is CCCC(O)(CC)SC. The van der Waals surface area contributed by atoms with Crippen LogP contribution in [0.1, 0.15) is 33.1 Å². The summed E-state index contributed by atoms with van der Waals surface area (Å²) in [6, 6.07) is 0. The summed E-state index contributed by atoms with van der Waals surface area (Å²) in [5.41, 5.74) is 0. The van der Waals surface area contributed by atoms with Gasteiger partial charge in [-0.1, -0.05) is 20.3 Å². The predicted molar refractivity (Wildman–Crippen MR) is 43.7 cm³/mol. The Bertz CT molecular complexity index is 69.3. The molecule has 0 spiro atoms. The van der Waals surface area contributed by atoms with Gasteiger partial charge in [-0.3, -0.25) is 0 Å². The van der Waals surface area contributed by atoms with Crippen LogP contribution >= 0.6 is 11.8 Å². The van der Waals surface area contributed by atoms with E-state index in [2.05, 4.69) is 6.92 Å². The fraction of sp³-hybridized carbons (Fsp3) is 1.00. The van der Waals surface area contributed by atoms with Gasteiger partial charge in [0.15, 0.2) is 0 Å². The molecule has 0 amide bonds. The Morgan fingerprint density at radius 3 is 2.11 bits per heavy atom. The highest BCUT2D eigenvalue weighted by atomic mass is 32.2. The summed E-state index contributed by atoms with van der Waals surface area (Å²) in [7, 11) is 0. The molecule has 2 heteroatoms. The van der Waals surface area contributed by atoms with Crippen LogP contribution in [0.4, 0.5) is 0 Å². The van der Waals surface area contributed by atoms with Crippen molar-refractivity contribution < 1.29 is 5.11 Å². The van der Waals surface area contributed by atoms with E-state index in [1.165, 1.54) is 0 Å². The largest absolute Gasteiger partial charge is 0.380 e. The van der Waals surface area contributed by atoms with E-state index in [1.54, 1.807) is 11.8 Å². The zero-order valence-electron chi connectivity index (χ0n) is 6.48. The van der Waals surface area contributed by atoms with E-state index >= 15 is 0 Å². The van der Waals surface area contributed by atoms with Crippen LogP contribution in [0.15, 0.2) is 0 Å². The second-order valence-electron chi connectivity index (χ2n) is 2.25. The number of aliphatic hydroxyl groups is 1. The Labute approximate surface area is 61.8 Å². The molecule has 0 aromatic carbocycles. The molecule has 0 aromatic heterocycles. The van der Waals surface area contributed by atoms with E-state index < -0.39 is 4.93 Å². The van der Waals surface area contributed by atoms with Crippen LogP contribution in [-0.2, 0) is 0 Å². The topological polar surface area (TPSA) is 20.2 Å². The third-order valence-corrected chi connectivity index (χ3v) is 2.83. The van der Waals surface area contributed by atoms with E-state index in [4.69, 9.17) is 0 Å². The van der Waals surface area contributed by atoms with Crippen LogP contribution in [0.3, 0.4) is 0 Å². The number of hydrogen-bond acceptors (Lipinski definition) is 2. The van der Waals surface area contributed by atoms with Crippen molar-refractivity contribution in [2.45, 2.75) is 38.0 Å². The summed E-state index contributed by atoms with van der Waals surface area (Å²) in [6.07, 6.45) is 4.77. The molecule has 0 aliphatic rings. The van der Waals surface area contributed by atoms with E-state index in [0.29, 0.717) is 0 Å². The van der Waals surface area contributed by atoms with Crippen molar-refractivity contribution in [1.29, 1.82) is 0 Å². The molecule has 56 valence electrons. The van der Waals surface area contributed by atoms with E-state index in [0.717, 1.165) is 19.3 Å². The number of rotatable bonds is 4. The molecule has 0 bridgehead atoms. The molecule has 0 aliphatic heterocycles. The lowest BCUT2D eigenvalue weighted by atomic mass is 10.1. The van der Waals surface area contributed by atoms with Crippen LogP contribution in [0, 0.1) is 0 Å². The first kappa shape index (κ1) is 9.31. The van der Waals surface area contributed by atoms with Crippen molar-refractivity contribution in [1.82, 2.24) is 0 Å². The van der Waals surface area contributed by atoms with Gasteiger partial charge in [-0.15, -0.1) is 11.8 Å². The van der Waals surface area contributed by atoms with Gasteiger partial charge in [0.1, 0.15) is 4.93 Å². The lowest BCUT2D eigenvalue weighted by molar-refractivity contribution is 0.123. The predicted octanol–water partition coefficient (Wildman–Crippen LogP) is 2.25. The molecule has 0 radical (unpaired) electrons. The van der Waals surface area contributed by atoms with Crippen molar-refractivity contribution in [3.8, 4) is 0 Å². The smallest absolute Gasteiger partial charge is 0.109 e. The Morgan fingerprint density at radius 2 is 2.00 bits per heavy atom. The van der Waals surface area contributed by atoms with Gasteiger partial charge in [0.25, 0.3) is 0 Å². The summed E-state index contributed by atoms with van der Waals surface area (Å²) in [5, 5.41) is 9.59. The second kappa shape index (κ2) is 4.18. The summed E-state index contributed by atoms with van der Waals surface area (Å²) in [5.74, 6) is 0. The van der Waals surface area contributed by atoms with Gasteiger partial charge in [0.05, 0.1) is 0 Å². The lowest BCUT2D eigenvalue weighted by Crippen LogP contribution is -2.21. The summed E-state index contributed by atoms with van der Waals surface area (Å²) in [6.45, 7) is 4.11. The minimum Gasteiger partial charge on any atom is -0.380 e. The molecular formula is C7H16OS. The van der Waals surface area contributed by atoms with Crippen molar-refractivity contribution >= 4 is 11.8 Å². The van der Waals surface area contributed by atoms with Crippen molar-refractivity contribution in [2.24, 2.45) is 0 Å². The molecule has 0 saturated heterocycles. The highest BCUT2D eigenvalue weighted by Crippen LogP contribution is 2.27. The van der Waals surface area contributed by atoms with Crippen LogP contribution in [0.5, 0.6) is 0 Å². The minimum absolute atomic E-state index is 0.450. The summed E-state index contributed by atoms with van der Waals surface area (Å²) < 4.78 is 0. The molecular weight excluding hydrogens is 132 g/mol. The van der Waals surface area contributed by atoms with Gasteiger partial charge in [-0.2, -0.15) is 0 Å². The zero-order chi connectivity index (χ0) is 7.33. The monoisotopic (exact) mass is 148 g/mol. The fourth-order valence-corrected chi connectivity index (χ4v) is 1.51. The zero-order valence-corrected chi connectivity index (χ0v) is 7.29. The van der Waals surface area contributed by atoms with Crippen LogP contribution in [0.25, 0.3) is 0 Å². The molecule has 1 N–H and O–H groups in total. The second-order valence-corrected chi connectivity index (χ2v) is 3.42. The molecule has 0 fully saturated rings. The Kier molecular flexibility index (Phi) is 4.32. The van der Waals surface area contributed by atoms with Crippen LogP contribution in [0.2, 0.25) is 0 Å². The number of hydrogen-bond donors (Lipinski definition) is 1. The highest BCUT2D eigenvalue weighted by Gasteiger charge is 2.20. The maximum atomic E-state index is 9.59. The van der Waals surface area contributed by atoms with E-state index in [9.17, 15) is 5.11 Å². The first-order valence-electron chi connectivity index (χ1n) is 3.46. The van der Waals surface area contributed by atoms with Crippen molar-refractivity contribution in [2.75, 3.05) is 6.26 Å². The molecule has 1 atom stereocenters. The van der Waals surface area contributed by atoms with Crippen LogP contribution < -0.4 is 0 Å². The summed E-state index contributed by atoms with van der Waals surface area (Å²) in [4.78, 5) is -0.450. The van der Waals surface area contributed by atoms with Gasteiger partial charge in [0, 0.05) is 0 Å². The lowest BCUT2D eigenvalue weighted by Gasteiger charge is -2.23. The van der Waals surface area contributed by atoms with Crippen LogP contribution in [-0.4, -0.2) is 16.3 Å². The number of thioether (sulfide) groups is 1. The van der Waals surface area contributed by atoms with Gasteiger partial charge in [0.2, 0.25) is 0 Å². The maximum absolute atomic E-state index is 9.59. The molecule has 0 saturated carbocycles. The van der Waals surface area contributed by atoms with Crippen molar-refractivity contribution in [3.63, 3.8) is 0 Å². The highest BCUT2D eigenvalue weighted by molar-refractivity contribution is 7.99. The molecule has 0 rings (SSSR count). The standard InChI is InChI=1S/C7H16OS/c1-4-6-7(8,5-2)9-3/h8H,4-6H2,1-3H3. The maximum Gasteiger partial charge on any atom is 0.109 e. The molecule has 0 aromatic rings. The van der Waals surface area contributed by atoms with Crippen molar-refractivity contribution in [3.05, 3.63) is 0 Å². The molecule has 1 unspecified atom stereocenters. The third-order valence-electron chi connectivity index (χ3n) is 1.57. The Morgan fingerprint density at radius 1 is 1.44 bits per heavy atom. The fourth-order valence-electron chi connectivity index (χ4n) is 0.814. The quantitative estimate of drug-likeness (QED) is 0.617. The molecule has 0 aliphatic carbocycles. The molecule has 1 nitrogen and oxygen atoms in total. The normalized spacial score (nSPS) is 17.3. The minimum atomic E-state index is -0.450.